The third-order valence-corrected chi connectivity index (χ3v) is 15.1. The number of hydrogen-bond acceptors (Lipinski definition) is 2. The number of nitrogens with one attached hydrogen (secondary N) is 1. The summed E-state index contributed by atoms with van der Waals surface area (Å²) >= 11 is 0. The Morgan fingerprint density at radius 3 is 1.46 bits per heavy atom. The van der Waals surface area contributed by atoms with Gasteiger partial charge < -0.3 is 14.5 Å². The Balaban J connectivity index is 1.04. The minimum absolute atomic E-state index is 0.126. The lowest BCUT2D eigenvalue weighted by Gasteiger charge is -2.28. The molecule has 0 saturated heterocycles. The second kappa shape index (κ2) is 16.0. The summed E-state index contributed by atoms with van der Waals surface area (Å²) < 4.78 is 5.02. The lowest BCUT2D eigenvalue weighted by atomic mass is 9.93. The predicted octanol–water partition coefficient (Wildman–Crippen LogP) is 17.5. The Bertz CT molecular complexity index is 4500. The van der Waals surface area contributed by atoms with Crippen molar-refractivity contribution in [2.45, 2.75) is 6.04 Å². The Labute approximate surface area is 415 Å². The number of rotatable bonds is 6. The maximum atomic E-state index is 5.56. The van der Waals surface area contributed by atoms with Gasteiger partial charge >= 0.3 is 0 Å². The number of fused-ring (bicyclic) bond motifs is 11. The molecule has 0 radical (unpaired) electrons. The second-order valence-corrected chi connectivity index (χ2v) is 19.1. The van der Waals surface area contributed by atoms with Crippen LogP contribution in [0, 0.1) is 0 Å². The van der Waals surface area contributed by atoms with Gasteiger partial charge in [-0.1, -0.05) is 212 Å². The third kappa shape index (κ3) is 6.22. The Morgan fingerprint density at radius 2 is 0.833 bits per heavy atom. The van der Waals surface area contributed by atoms with Crippen molar-refractivity contribution in [3.63, 3.8) is 0 Å². The number of hydrogen-bond donors (Lipinski definition) is 1. The van der Waals surface area contributed by atoms with Crippen molar-refractivity contribution >= 4 is 98.1 Å². The average molecular weight is 917 g/mol. The van der Waals surface area contributed by atoms with Gasteiger partial charge in [0.1, 0.15) is 0 Å². The molecule has 15 rings (SSSR count). The van der Waals surface area contributed by atoms with Crippen LogP contribution in [0.5, 0.6) is 0 Å². The summed E-state index contributed by atoms with van der Waals surface area (Å²) in [4.78, 5) is 5.56. The quantitative estimate of drug-likeness (QED) is 0.180. The fraction of sp³-hybridized carbons (Fsp3) is 0.0147. The van der Waals surface area contributed by atoms with Gasteiger partial charge in [-0.3, -0.25) is 0 Å². The van der Waals surface area contributed by atoms with Gasteiger partial charge in [-0.2, -0.15) is 0 Å². The molecule has 0 aliphatic carbocycles. The minimum atomic E-state index is -0.126. The zero-order valence-corrected chi connectivity index (χ0v) is 39.2. The van der Waals surface area contributed by atoms with Crippen LogP contribution in [-0.2, 0) is 0 Å². The SMILES string of the molecule is C1=C(c2cccc3ccccc23)NC(c2cccc3ccccc23)C=C1n1c2ccccc2c2ccc3c(c4ccccc4n3-c3cc(-c4cccc5ccccc45)nc(-c4cccc5ccccc45)c3)c21. The maximum absolute atomic E-state index is 5.56. The Hall–Kier alpha value is -9.51. The predicted molar refractivity (Wildman–Crippen MR) is 303 cm³/mol. The van der Waals surface area contributed by atoms with Crippen LogP contribution in [0.25, 0.3) is 126 Å². The first-order valence-corrected chi connectivity index (χ1v) is 24.8. The summed E-state index contributed by atoms with van der Waals surface area (Å²) in [6.45, 7) is 0. The molecule has 1 N–H and O–H groups in total. The molecule has 1 atom stereocenters. The molecule has 0 bridgehead atoms. The van der Waals surface area contributed by atoms with Gasteiger partial charge in [0.2, 0.25) is 0 Å². The van der Waals surface area contributed by atoms with Gasteiger partial charge in [0.25, 0.3) is 0 Å². The Kier molecular flexibility index (Phi) is 8.99. The minimum Gasteiger partial charge on any atom is -0.374 e. The summed E-state index contributed by atoms with van der Waals surface area (Å²) in [6.07, 6.45) is 4.82. The molecule has 0 saturated carbocycles. The molecule has 1 aliphatic rings. The van der Waals surface area contributed by atoms with E-state index in [-0.39, 0.29) is 6.04 Å². The van der Waals surface area contributed by atoms with Gasteiger partial charge in [-0.05, 0) is 91.1 Å². The van der Waals surface area contributed by atoms with E-state index in [2.05, 4.69) is 269 Å². The first-order valence-electron chi connectivity index (χ1n) is 24.8. The van der Waals surface area contributed by atoms with E-state index >= 15 is 0 Å². The van der Waals surface area contributed by atoms with E-state index in [0.717, 1.165) is 56.1 Å². The van der Waals surface area contributed by atoms with Crippen molar-refractivity contribution in [3.8, 4) is 28.2 Å². The molecular weight excluding hydrogens is 873 g/mol. The van der Waals surface area contributed by atoms with E-state index in [4.69, 9.17) is 4.98 Å². The molecule has 3 aromatic heterocycles. The van der Waals surface area contributed by atoms with Crippen LogP contribution in [0.15, 0.2) is 255 Å². The molecule has 1 aliphatic heterocycles. The highest BCUT2D eigenvalue weighted by molar-refractivity contribution is 6.27. The number of allylic oxidation sites excluding steroid dienone is 2. The molecule has 1 unspecified atom stereocenters. The van der Waals surface area contributed by atoms with Gasteiger partial charge in [0.15, 0.2) is 0 Å². The lowest BCUT2D eigenvalue weighted by molar-refractivity contribution is 0.769. The second-order valence-electron chi connectivity index (χ2n) is 19.1. The van der Waals surface area contributed by atoms with E-state index in [1.807, 2.05) is 0 Å². The third-order valence-electron chi connectivity index (χ3n) is 15.1. The fourth-order valence-corrected chi connectivity index (χ4v) is 11.9. The molecule has 72 heavy (non-hydrogen) atoms. The molecule has 11 aromatic carbocycles. The van der Waals surface area contributed by atoms with Crippen LogP contribution in [-0.4, -0.2) is 14.1 Å². The molecular formula is C68H44N4. The summed E-state index contributed by atoms with van der Waals surface area (Å²) in [5, 5.41) is 18.5. The highest BCUT2D eigenvalue weighted by atomic mass is 15.0. The molecule has 0 spiro atoms. The van der Waals surface area contributed by atoms with Crippen molar-refractivity contribution in [2.24, 2.45) is 0 Å². The van der Waals surface area contributed by atoms with Crippen molar-refractivity contribution in [1.29, 1.82) is 0 Å². The largest absolute Gasteiger partial charge is 0.374 e. The number of dihydropyridines is 1. The molecule has 14 aromatic rings. The van der Waals surface area contributed by atoms with Crippen LogP contribution >= 0.6 is 0 Å². The number of pyridine rings is 1. The van der Waals surface area contributed by atoms with E-state index in [9.17, 15) is 0 Å². The standard InChI is InChI=1S/C68H44N4/c1-5-25-49-43(17-1)21-13-31-53(49)60-39-47(40-61(69-60)54-32-14-22-44-18-2-6-26-50(44)54)71-65-36-12-10-30-59(65)67-66(71)38-37-58-57-29-9-11-35-64(57)72(68(58)67)48-41-62(55-33-15-23-45-19-3-7-27-51(45)55)70-63(42-48)56-34-16-24-46-20-4-8-28-52(46)56/h1-42,62,70H. The van der Waals surface area contributed by atoms with Crippen LogP contribution < -0.4 is 5.32 Å². The van der Waals surface area contributed by atoms with E-state index in [1.165, 1.54) is 81.3 Å². The number of benzene rings is 11. The van der Waals surface area contributed by atoms with Crippen LogP contribution in [0.2, 0.25) is 0 Å². The summed E-state index contributed by atoms with van der Waals surface area (Å²) in [6, 6.07) is 88.2. The lowest BCUT2D eigenvalue weighted by Crippen LogP contribution is -2.23. The summed E-state index contributed by atoms with van der Waals surface area (Å²) in [5.74, 6) is 0. The molecule has 0 amide bonds. The molecule has 0 fully saturated rings. The first-order chi connectivity index (χ1) is 35.7. The number of nitrogens with zero attached hydrogens (tertiary/aromatic N) is 3. The van der Waals surface area contributed by atoms with E-state index < -0.39 is 0 Å². The first kappa shape index (κ1) is 40.4. The van der Waals surface area contributed by atoms with Gasteiger partial charge in [0.05, 0.1) is 45.2 Å². The van der Waals surface area contributed by atoms with Gasteiger partial charge in [0, 0.05) is 49.6 Å². The zero-order valence-electron chi connectivity index (χ0n) is 39.2. The molecule has 336 valence electrons. The monoisotopic (exact) mass is 916 g/mol. The number of aromatic nitrogens is 3. The smallest absolute Gasteiger partial charge is 0.0736 e. The highest BCUT2D eigenvalue weighted by Gasteiger charge is 2.26. The summed E-state index contributed by atoms with van der Waals surface area (Å²) in [7, 11) is 0. The molecule has 4 nitrogen and oxygen atoms in total. The van der Waals surface area contributed by atoms with Gasteiger partial charge in [-0.25, -0.2) is 4.98 Å². The van der Waals surface area contributed by atoms with Gasteiger partial charge in [-0.15, -0.1) is 0 Å². The Morgan fingerprint density at radius 1 is 0.361 bits per heavy atom. The fourth-order valence-electron chi connectivity index (χ4n) is 11.9. The normalized spacial score (nSPS) is 14.0. The highest BCUT2D eigenvalue weighted by Crippen LogP contribution is 2.45. The summed E-state index contributed by atoms with van der Waals surface area (Å²) in [5.41, 5.74) is 14.3. The van der Waals surface area contributed by atoms with Crippen molar-refractivity contribution in [1.82, 2.24) is 19.4 Å². The number of para-hydroxylation sites is 2. The van der Waals surface area contributed by atoms with E-state index in [1.54, 1.807) is 0 Å². The topological polar surface area (TPSA) is 34.8 Å². The van der Waals surface area contributed by atoms with Crippen LogP contribution in [0.1, 0.15) is 17.2 Å². The van der Waals surface area contributed by atoms with Crippen molar-refractivity contribution in [3.05, 3.63) is 266 Å². The van der Waals surface area contributed by atoms with Crippen molar-refractivity contribution < 1.29 is 0 Å². The van der Waals surface area contributed by atoms with Crippen LogP contribution in [0.3, 0.4) is 0 Å². The molecule has 4 heterocycles. The maximum Gasteiger partial charge on any atom is 0.0736 e. The zero-order chi connectivity index (χ0) is 47.3. The van der Waals surface area contributed by atoms with Crippen LogP contribution in [0.4, 0.5) is 0 Å². The van der Waals surface area contributed by atoms with E-state index in [0.29, 0.717) is 0 Å². The average Bonchev–Trinajstić information content (AvgIpc) is 3.97. The molecule has 4 heteroatoms. The van der Waals surface area contributed by atoms with Crippen molar-refractivity contribution in [2.75, 3.05) is 0 Å².